The Morgan fingerprint density at radius 3 is 2.41 bits per heavy atom. The van der Waals surface area contributed by atoms with E-state index in [0.29, 0.717) is 25.2 Å². The minimum absolute atomic E-state index is 0.165. The van der Waals surface area contributed by atoms with Crippen LogP contribution in [0, 0.1) is 0 Å². The molecule has 8 heteroatoms. The smallest absolute Gasteiger partial charge is 0.410 e. The fourth-order valence-corrected chi connectivity index (χ4v) is 4.42. The number of amides is 1. The first-order chi connectivity index (χ1) is 16.3. The van der Waals surface area contributed by atoms with Crippen molar-refractivity contribution < 1.29 is 9.53 Å². The summed E-state index contributed by atoms with van der Waals surface area (Å²) in [5.74, 6) is 0. The number of imidazole rings is 1. The lowest BCUT2D eigenvalue weighted by Crippen LogP contribution is -2.36. The Hall–Kier alpha value is -3.94. The van der Waals surface area contributed by atoms with Crippen LogP contribution in [0.15, 0.2) is 71.9 Å². The summed E-state index contributed by atoms with van der Waals surface area (Å²) in [7, 11) is 0. The second-order valence-corrected chi connectivity index (χ2v) is 9.49. The van der Waals surface area contributed by atoms with Gasteiger partial charge in [-0.15, -0.1) is 0 Å². The van der Waals surface area contributed by atoms with E-state index in [1.807, 2.05) is 69.3 Å². The van der Waals surface area contributed by atoms with Gasteiger partial charge in [-0.3, -0.25) is 14.1 Å². The molecular weight excluding hydrogens is 430 g/mol. The van der Waals surface area contributed by atoms with Gasteiger partial charge >= 0.3 is 11.8 Å². The van der Waals surface area contributed by atoms with Crippen molar-refractivity contribution in [2.75, 3.05) is 13.1 Å². The molecule has 174 valence electrons. The maximum absolute atomic E-state index is 13.7. The van der Waals surface area contributed by atoms with E-state index < -0.39 is 5.60 Å². The minimum atomic E-state index is -0.563. The van der Waals surface area contributed by atoms with Gasteiger partial charge in [-0.05, 0) is 74.7 Å². The molecule has 0 unspecified atom stereocenters. The Morgan fingerprint density at radius 2 is 1.71 bits per heavy atom. The highest BCUT2D eigenvalue weighted by molar-refractivity contribution is 5.75. The number of fused-ring (bicyclic) bond motifs is 1. The molecule has 8 nitrogen and oxygen atoms in total. The monoisotopic (exact) mass is 457 g/mol. The van der Waals surface area contributed by atoms with E-state index in [1.165, 1.54) is 0 Å². The lowest BCUT2D eigenvalue weighted by Gasteiger charge is -2.24. The van der Waals surface area contributed by atoms with Gasteiger partial charge in [0.1, 0.15) is 5.60 Å². The Morgan fingerprint density at radius 1 is 1.00 bits per heavy atom. The zero-order chi connectivity index (χ0) is 23.9. The van der Waals surface area contributed by atoms with Crippen LogP contribution < -0.4 is 5.69 Å². The van der Waals surface area contributed by atoms with Crippen LogP contribution in [0.2, 0.25) is 0 Å². The van der Waals surface area contributed by atoms with E-state index >= 15 is 0 Å². The average molecular weight is 458 g/mol. The number of carbonyl (C=O) groups excluding carboxylic acids is 1. The van der Waals surface area contributed by atoms with Crippen LogP contribution in [-0.4, -0.2) is 48.8 Å². The van der Waals surface area contributed by atoms with Gasteiger partial charge in [-0.2, -0.15) is 0 Å². The van der Waals surface area contributed by atoms with Gasteiger partial charge in [0, 0.05) is 31.7 Å². The summed E-state index contributed by atoms with van der Waals surface area (Å²) in [6.07, 6.45) is 5.52. The van der Waals surface area contributed by atoms with E-state index in [-0.39, 0.29) is 17.8 Å². The zero-order valence-corrected chi connectivity index (χ0v) is 19.5. The van der Waals surface area contributed by atoms with Gasteiger partial charge in [0.25, 0.3) is 0 Å². The number of benzene rings is 1. The Bertz CT molecular complexity index is 1380. The standard InChI is InChI=1S/C26H27N5O3/c1-26(2,3)34-25(33)29-16-12-21(17-29)31-23-22(5-4-13-28-23)30(24(31)32)20-8-6-18(7-9-20)19-10-14-27-15-11-19/h4-11,13-15,21H,12,16-17H2,1-3H3/t21-/m0/s1. The quantitative estimate of drug-likeness (QED) is 0.455. The predicted molar refractivity (Wildman–Crippen MR) is 130 cm³/mol. The molecule has 0 radical (unpaired) electrons. The molecule has 0 saturated carbocycles. The van der Waals surface area contributed by atoms with E-state index in [2.05, 4.69) is 9.97 Å². The molecular formula is C26H27N5O3. The lowest BCUT2D eigenvalue weighted by molar-refractivity contribution is 0.0289. The number of aromatic nitrogens is 4. The van der Waals surface area contributed by atoms with Crippen molar-refractivity contribution in [2.45, 2.75) is 38.8 Å². The summed E-state index contributed by atoms with van der Waals surface area (Å²) >= 11 is 0. The second-order valence-electron chi connectivity index (χ2n) is 9.49. The van der Waals surface area contributed by atoms with Crippen LogP contribution in [0.5, 0.6) is 0 Å². The number of pyridine rings is 2. The van der Waals surface area contributed by atoms with Crippen LogP contribution in [0.25, 0.3) is 28.0 Å². The fourth-order valence-electron chi connectivity index (χ4n) is 4.42. The van der Waals surface area contributed by atoms with Crippen LogP contribution >= 0.6 is 0 Å². The second kappa shape index (κ2) is 8.44. The Kier molecular flexibility index (Phi) is 5.43. The van der Waals surface area contributed by atoms with E-state index in [4.69, 9.17) is 4.74 Å². The number of nitrogens with zero attached hydrogens (tertiary/aromatic N) is 5. The van der Waals surface area contributed by atoms with Gasteiger partial charge in [-0.25, -0.2) is 14.6 Å². The molecule has 34 heavy (non-hydrogen) atoms. The molecule has 4 heterocycles. The van der Waals surface area contributed by atoms with Gasteiger partial charge in [0.05, 0.1) is 17.2 Å². The number of hydrogen-bond acceptors (Lipinski definition) is 5. The van der Waals surface area contributed by atoms with Crippen LogP contribution in [0.1, 0.15) is 33.2 Å². The number of hydrogen-bond donors (Lipinski definition) is 0. The highest BCUT2D eigenvalue weighted by Crippen LogP contribution is 2.27. The highest BCUT2D eigenvalue weighted by Gasteiger charge is 2.33. The number of likely N-dealkylation sites (tertiary alicyclic amines) is 1. The van der Waals surface area contributed by atoms with Crippen LogP contribution in [-0.2, 0) is 4.74 Å². The molecule has 0 spiro atoms. The van der Waals surface area contributed by atoms with Crippen LogP contribution in [0.4, 0.5) is 4.79 Å². The van der Waals surface area contributed by atoms with E-state index in [1.54, 1.807) is 32.6 Å². The molecule has 1 saturated heterocycles. The first kappa shape index (κ1) is 21.9. The molecule has 1 atom stereocenters. The van der Waals surface area contributed by atoms with Crippen molar-refractivity contribution >= 4 is 17.3 Å². The number of rotatable bonds is 3. The molecule has 5 rings (SSSR count). The molecule has 4 aromatic rings. The molecule has 1 aromatic carbocycles. The van der Waals surface area contributed by atoms with Crippen molar-refractivity contribution in [1.82, 2.24) is 24.0 Å². The first-order valence-corrected chi connectivity index (χ1v) is 11.4. The topological polar surface area (TPSA) is 82.2 Å². The number of carbonyl (C=O) groups is 1. The molecule has 1 aliphatic rings. The largest absolute Gasteiger partial charge is 0.444 e. The molecule has 3 aromatic heterocycles. The summed E-state index contributed by atoms with van der Waals surface area (Å²) in [5.41, 5.74) is 3.49. The maximum Gasteiger partial charge on any atom is 0.410 e. The Balaban J connectivity index is 1.50. The Labute approximate surface area is 197 Å². The van der Waals surface area contributed by atoms with Gasteiger partial charge in [0.15, 0.2) is 5.65 Å². The third kappa shape index (κ3) is 4.07. The first-order valence-electron chi connectivity index (χ1n) is 11.4. The normalized spacial score (nSPS) is 16.2. The maximum atomic E-state index is 13.7. The molecule has 0 bridgehead atoms. The molecule has 1 aliphatic heterocycles. The van der Waals surface area contributed by atoms with Crippen molar-refractivity contribution in [1.29, 1.82) is 0 Å². The van der Waals surface area contributed by atoms with Crippen molar-refractivity contribution in [3.63, 3.8) is 0 Å². The van der Waals surface area contributed by atoms with Gasteiger partial charge in [0.2, 0.25) is 0 Å². The third-order valence-electron chi connectivity index (χ3n) is 5.95. The zero-order valence-electron chi connectivity index (χ0n) is 19.5. The highest BCUT2D eigenvalue weighted by atomic mass is 16.6. The summed E-state index contributed by atoms with van der Waals surface area (Å²) < 4.78 is 8.93. The molecule has 0 N–H and O–H groups in total. The fraction of sp³-hybridized carbons (Fsp3) is 0.308. The predicted octanol–water partition coefficient (Wildman–Crippen LogP) is 4.43. The minimum Gasteiger partial charge on any atom is -0.444 e. The van der Waals surface area contributed by atoms with Gasteiger partial charge in [-0.1, -0.05) is 12.1 Å². The van der Waals surface area contributed by atoms with E-state index in [9.17, 15) is 9.59 Å². The third-order valence-corrected chi connectivity index (χ3v) is 5.95. The summed E-state index contributed by atoms with van der Waals surface area (Å²) in [6.45, 7) is 6.49. The summed E-state index contributed by atoms with van der Waals surface area (Å²) in [6, 6.07) is 15.3. The van der Waals surface area contributed by atoms with Crippen LogP contribution in [0.3, 0.4) is 0 Å². The van der Waals surface area contributed by atoms with Crippen molar-refractivity contribution in [3.05, 3.63) is 77.6 Å². The lowest BCUT2D eigenvalue weighted by atomic mass is 10.1. The number of ether oxygens (including phenoxy) is 1. The summed E-state index contributed by atoms with van der Waals surface area (Å²) in [5, 5.41) is 0. The molecule has 1 amide bonds. The molecule has 0 aliphatic carbocycles. The van der Waals surface area contributed by atoms with Crippen molar-refractivity contribution in [2.24, 2.45) is 0 Å². The van der Waals surface area contributed by atoms with Gasteiger partial charge < -0.3 is 9.64 Å². The average Bonchev–Trinajstić information content (AvgIpc) is 3.41. The molecule has 1 fully saturated rings. The summed E-state index contributed by atoms with van der Waals surface area (Å²) in [4.78, 5) is 36.5. The van der Waals surface area contributed by atoms with E-state index in [0.717, 1.165) is 22.3 Å². The SMILES string of the molecule is CC(C)(C)OC(=O)N1CC[C@H](n2c(=O)n(-c3ccc(-c4ccncc4)cc3)c3cccnc32)C1. The van der Waals surface area contributed by atoms with Crippen molar-refractivity contribution in [3.8, 4) is 16.8 Å².